The predicted octanol–water partition coefficient (Wildman–Crippen LogP) is 0.814. The summed E-state index contributed by atoms with van der Waals surface area (Å²) in [6.45, 7) is 0. The maximum absolute atomic E-state index is 13.2. The molecule has 0 radical (unpaired) electrons. The van der Waals surface area contributed by atoms with E-state index in [0.717, 1.165) is 12.8 Å². The minimum Gasteiger partial charge on any atom is -0.480 e. The predicted molar refractivity (Wildman–Crippen MR) is 55.8 cm³/mol. The third-order valence-electron chi connectivity index (χ3n) is 2.65. The first kappa shape index (κ1) is 11.5. The fourth-order valence-electron chi connectivity index (χ4n) is 1.59. The van der Waals surface area contributed by atoms with Gasteiger partial charge in [-0.3, -0.25) is 4.79 Å². The van der Waals surface area contributed by atoms with Crippen LogP contribution in [0, 0.1) is 11.9 Å². The van der Waals surface area contributed by atoms with Crippen molar-refractivity contribution in [3.8, 4) is 0 Å². The van der Waals surface area contributed by atoms with Crippen LogP contribution in [0.5, 0.6) is 0 Å². The van der Waals surface area contributed by atoms with Gasteiger partial charge in [0.05, 0.1) is 5.56 Å². The summed E-state index contributed by atoms with van der Waals surface area (Å²) >= 11 is 0. The van der Waals surface area contributed by atoms with Gasteiger partial charge in [-0.05, 0) is 30.9 Å². The van der Waals surface area contributed by atoms with Crippen LogP contribution in [-0.2, 0) is 4.79 Å². The molecule has 0 aromatic carbocycles. The Labute approximate surface area is 96.7 Å². The quantitative estimate of drug-likeness (QED) is 0.761. The molecule has 17 heavy (non-hydrogen) atoms. The Hall–Kier alpha value is -1.98. The molecule has 1 amide bonds. The van der Waals surface area contributed by atoms with Crippen molar-refractivity contribution in [1.82, 2.24) is 10.3 Å². The molecule has 0 bridgehead atoms. The second kappa shape index (κ2) is 4.48. The third kappa shape index (κ3) is 2.58. The lowest BCUT2D eigenvalue weighted by Crippen LogP contribution is -2.42. The van der Waals surface area contributed by atoms with Crippen LogP contribution < -0.4 is 5.32 Å². The number of nitrogens with one attached hydrogen (secondary N) is 1. The van der Waals surface area contributed by atoms with E-state index in [0.29, 0.717) is 0 Å². The van der Waals surface area contributed by atoms with Crippen LogP contribution in [0.25, 0.3) is 0 Å². The van der Waals surface area contributed by atoms with Gasteiger partial charge in [0.1, 0.15) is 6.04 Å². The first-order valence-electron chi connectivity index (χ1n) is 5.24. The van der Waals surface area contributed by atoms with Crippen molar-refractivity contribution in [3.05, 3.63) is 29.8 Å². The minimum absolute atomic E-state index is 0.0452. The average Bonchev–Trinajstić information content (AvgIpc) is 3.09. The molecule has 6 heteroatoms. The molecule has 1 fully saturated rings. The highest BCUT2D eigenvalue weighted by Crippen LogP contribution is 2.32. The van der Waals surface area contributed by atoms with Crippen molar-refractivity contribution in [2.75, 3.05) is 0 Å². The maximum atomic E-state index is 13.2. The van der Waals surface area contributed by atoms with Crippen LogP contribution in [0.2, 0.25) is 0 Å². The molecule has 0 aliphatic heterocycles. The van der Waals surface area contributed by atoms with Gasteiger partial charge in [0.2, 0.25) is 5.95 Å². The zero-order chi connectivity index (χ0) is 12.4. The number of hydrogen-bond acceptors (Lipinski definition) is 3. The highest BCUT2D eigenvalue weighted by Gasteiger charge is 2.37. The van der Waals surface area contributed by atoms with Crippen molar-refractivity contribution in [1.29, 1.82) is 0 Å². The van der Waals surface area contributed by atoms with Gasteiger partial charge in [-0.25, -0.2) is 9.78 Å². The van der Waals surface area contributed by atoms with Crippen LogP contribution in [0.3, 0.4) is 0 Å². The molecule has 0 spiro atoms. The summed E-state index contributed by atoms with van der Waals surface area (Å²) < 4.78 is 13.2. The Morgan fingerprint density at radius 1 is 1.53 bits per heavy atom. The third-order valence-corrected chi connectivity index (χ3v) is 2.65. The Bertz CT molecular complexity index is 460. The van der Waals surface area contributed by atoms with Gasteiger partial charge in [-0.1, -0.05) is 0 Å². The van der Waals surface area contributed by atoms with E-state index in [1.54, 1.807) is 0 Å². The molecule has 2 N–H and O–H groups in total. The number of halogens is 1. The molecule has 90 valence electrons. The maximum Gasteiger partial charge on any atom is 0.326 e. The van der Waals surface area contributed by atoms with E-state index in [1.807, 2.05) is 0 Å². The first-order valence-corrected chi connectivity index (χ1v) is 5.24. The highest BCUT2D eigenvalue weighted by atomic mass is 19.1. The molecule has 0 saturated heterocycles. The Kier molecular flexibility index (Phi) is 3.03. The van der Waals surface area contributed by atoms with Gasteiger partial charge in [0, 0.05) is 6.20 Å². The normalized spacial score (nSPS) is 16.3. The number of aromatic nitrogens is 1. The lowest BCUT2D eigenvalue weighted by atomic mass is 10.1. The van der Waals surface area contributed by atoms with Gasteiger partial charge in [0.15, 0.2) is 0 Å². The largest absolute Gasteiger partial charge is 0.480 e. The second-order valence-electron chi connectivity index (χ2n) is 3.97. The summed E-state index contributed by atoms with van der Waals surface area (Å²) in [5.41, 5.74) is -0.237. The summed E-state index contributed by atoms with van der Waals surface area (Å²) in [7, 11) is 0. The molecule has 1 aromatic heterocycles. The van der Waals surface area contributed by atoms with E-state index >= 15 is 0 Å². The van der Waals surface area contributed by atoms with E-state index in [2.05, 4.69) is 10.3 Å². The van der Waals surface area contributed by atoms with Crippen LogP contribution in [0.1, 0.15) is 23.2 Å². The number of pyridine rings is 1. The summed E-state index contributed by atoms with van der Waals surface area (Å²) in [6.07, 6.45) is 2.77. The van der Waals surface area contributed by atoms with Gasteiger partial charge < -0.3 is 10.4 Å². The zero-order valence-corrected chi connectivity index (χ0v) is 8.89. The van der Waals surface area contributed by atoms with Crippen molar-refractivity contribution in [2.24, 2.45) is 5.92 Å². The molecule has 1 unspecified atom stereocenters. The highest BCUT2D eigenvalue weighted by molar-refractivity contribution is 5.96. The van der Waals surface area contributed by atoms with Crippen molar-refractivity contribution in [2.45, 2.75) is 18.9 Å². The van der Waals surface area contributed by atoms with Crippen LogP contribution in [-0.4, -0.2) is 28.0 Å². The van der Waals surface area contributed by atoms with Gasteiger partial charge >= 0.3 is 5.97 Å². The van der Waals surface area contributed by atoms with Crippen LogP contribution in [0.15, 0.2) is 18.3 Å². The Morgan fingerprint density at radius 2 is 2.24 bits per heavy atom. The SMILES string of the molecule is O=C(NC(C(=O)O)C1CC1)c1cccnc1F. The molecule has 1 aromatic rings. The fraction of sp³-hybridized carbons (Fsp3) is 0.364. The van der Waals surface area contributed by atoms with Crippen molar-refractivity contribution in [3.63, 3.8) is 0 Å². The summed E-state index contributed by atoms with van der Waals surface area (Å²) in [6, 6.07) is 1.75. The van der Waals surface area contributed by atoms with E-state index in [4.69, 9.17) is 5.11 Å². The minimum atomic E-state index is -1.09. The van der Waals surface area contributed by atoms with Crippen LogP contribution >= 0.6 is 0 Å². The monoisotopic (exact) mass is 238 g/mol. The number of carbonyl (C=O) groups is 2. The summed E-state index contributed by atoms with van der Waals surface area (Å²) in [4.78, 5) is 25.9. The zero-order valence-electron chi connectivity index (χ0n) is 8.89. The summed E-state index contributed by atoms with van der Waals surface area (Å²) in [5, 5.41) is 11.2. The number of carboxylic acid groups (broad SMARTS) is 1. The number of nitrogens with zero attached hydrogens (tertiary/aromatic N) is 1. The topological polar surface area (TPSA) is 79.3 Å². The lowest BCUT2D eigenvalue weighted by molar-refractivity contribution is -0.139. The van der Waals surface area contributed by atoms with E-state index < -0.39 is 23.9 Å². The summed E-state index contributed by atoms with van der Waals surface area (Å²) in [5.74, 6) is -2.78. The molecule has 1 aliphatic carbocycles. The Morgan fingerprint density at radius 3 is 2.76 bits per heavy atom. The number of hydrogen-bond donors (Lipinski definition) is 2. The van der Waals surface area contributed by atoms with Gasteiger partial charge in [0.25, 0.3) is 5.91 Å². The van der Waals surface area contributed by atoms with Crippen molar-refractivity contribution >= 4 is 11.9 Å². The molecule has 1 saturated carbocycles. The van der Waals surface area contributed by atoms with Gasteiger partial charge in [-0.15, -0.1) is 0 Å². The van der Waals surface area contributed by atoms with Gasteiger partial charge in [-0.2, -0.15) is 4.39 Å². The number of aliphatic carboxylic acids is 1. The Balaban J connectivity index is 2.10. The number of carbonyl (C=O) groups excluding carboxylic acids is 1. The number of carboxylic acids is 1. The van der Waals surface area contributed by atoms with E-state index in [9.17, 15) is 14.0 Å². The standard InChI is InChI=1S/C11H11FN2O3/c12-9-7(2-1-5-13-9)10(15)14-8(11(16)17)6-3-4-6/h1-2,5-6,8H,3-4H2,(H,14,15)(H,16,17). The number of rotatable bonds is 4. The van der Waals surface area contributed by atoms with Crippen molar-refractivity contribution < 1.29 is 19.1 Å². The van der Waals surface area contributed by atoms with E-state index in [1.165, 1.54) is 18.3 Å². The molecular weight excluding hydrogens is 227 g/mol. The average molecular weight is 238 g/mol. The van der Waals surface area contributed by atoms with Crippen LogP contribution in [0.4, 0.5) is 4.39 Å². The first-order chi connectivity index (χ1) is 8.09. The smallest absolute Gasteiger partial charge is 0.326 e. The molecule has 2 rings (SSSR count). The molecule has 1 heterocycles. The molecule has 5 nitrogen and oxygen atoms in total. The number of amides is 1. The molecule has 1 aliphatic rings. The molecule has 1 atom stereocenters. The lowest BCUT2D eigenvalue weighted by Gasteiger charge is -2.13. The second-order valence-corrected chi connectivity index (χ2v) is 3.97. The molecular formula is C11H11FN2O3. The van der Waals surface area contributed by atoms with E-state index in [-0.39, 0.29) is 11.5 Å². The fourth-order valence-corrected chi connectivity index (χ4v) is 1.59.